The van der Waals surface area contributed by atoms with E-state index in [1.54, 1.807) is 47.1 Å². The maximum absolute atomic E-state index is 12.9. The molecule has 1 unspecified atom stereocenters. The molecular weight excluding hydrogens is 294 g/mol. The summed E-state index contributed by atoms with van der Waals surface area (Å²) < 4.78 is 1.65. The SMILES string of the molecule is CC1(C(=O)O)CCCN(C(=O)c2ccccc2-n2cccn2)C1. The lowest BCUT2D eigenvalue weighted by molar-refractivity contribution is -0.150. The molecule has 0 bridgehead atoms. The van der Waals surface area contributed by atoms with E-state index in [4.69, 9.17) is 0 Å². The predicted octanol–water partition coefficient (Wildman–Crippen LogP) is 2.20. The van der Waals surface area contributed by atoms with Gasteiger partial charge >= 0.3 is 5.97 Å². The maximum Gasteiger partial charge on any atom is 0.311 e. The van der Waals surface area contributed by atoms with Crippen LogP contribution < -0.4 is 0 Å². The fourth-order valence-corrected chi connectivity index (χ4v) is 3.02. The Hall–Kier alpha value is -2.63. The summed E-state index contributed by atoms with van der Waals surface area (Å²) in [7, 11) is 0. The second-order valence-corrected chi connectivity index (χ2v) is 6.16. The van der Waals surface area contributed by atoms with E-state index in [0.717, 1.165) is 0 Å². The third kappa shape index (κ3) is 2.84. The summed E-state index contributed by atoms with van der Waals surface area (Å²) in [5, 5.41) is 13.6. The van der Waals surface area contributed by atoms with Crippen LogP contribution in [0.25, 0.3) is 5.69 Å². The van der Waals surface area contributed by atoms with Crippen molar-refractivity contribution in [1.82, 2.24) is 14.7 Å². The minimum Gasteiger partial charge on any atom is -0.481 e. The van der Waals surface area contributed by atoms with Gasteiger partial charge in [0, 0.05) is 25.5 Å². The van der Waals surface area contributed by atoms with Gasteiger partial charge in [-0.2, -0.15) is 5.10 Å². The highest BCUT2D eigenvalue weighted by atomic mass is 16.4. The van der Waals surface area contributed by atoms with E-state index in [9.17, 15) is 14.7 Å². The third-order valence-electron chi connectivity index (χ3n) is 4.39. The Morgan fingerprint density at radius 3 is 2.74 bits per heavy atom. The quantitative estimate of drug-likeness (QED) is 0.942. The average Bonchev–Trinajstić information content (AvgIpc) is 3.08. The van der Waals surface area contributed by atoms with Gasteiger partial charge in [-0.25, -0.2) is 4.68 Å². The number of para-hydroxylation sites is 1. The zero-order valence-electron chi connectivity index (χ0n) is 13.0. The molecule has 0 radical (unpaired) electrons. The van der Waals surface area contributed by atoms with Crippen molar-refractivity contribution in [3.8, 4) is 5.69 Å². The minimum absolute atomic E-state index is 0.150. The van der Waals surface area contributed by atoms with Crippen LogP contribution in [-0.4, -0.2) is 44.8 Å². The molecule has 2 aromatic rings. The maximum atomic E-state index is 12.9. The summed E-state index contributed by atoms with van der Waals surface area (Å²) in [6.45, 7) is 2.51. The third-order valence-corrected chi connectivity index (χ3v) is 4.39. The Labute approximate surface area is 134 Å². The van der Waals surface area contributed by atoms with Crippen LogP contribution in [0.1, 0.15) is 30.1 Å². The smallest absolute Gasteiger partial charge is 0.311 e. The van der Waals surface area contributed by atoms with Gasteiger partial charge in [0.1, 0.15) is 0 Å². The largest absolute Gasteiger partial charge is 0.481 e. The zero-order valence-corrected chi connectivity index (χ0v) is 13.0. The van der Waals surface area contributed by atoms with Crippen molar-refractivity contribution in [3.05, 3.63) is 48.3 Å². The number of aromatic nitrogens is 2. The van der Waals surface area contributed by atoms with Gasteiger partial charge in [-0.3, -0.25) is 9.59 Å². The molecule has 1 aromatic carbocycles. The Kier molecular flexibility index (Phi) is 3.90. The number of aliphatic carboxylic acids is 1. The lowest BCUT2D eigenvalue weighted by Crippen LogP contribution is -2.48. The van der Waals surface area contributed by atoms with Gasteiger partial charge in [-0.05, 0) is 38.0 Å². The van der Waals surface area contributed by atoms with Crippen molar-refractivity contribution in [2.45, 2.75) is 19.8 Å². The molecule has 120 valence electrons. The van der Waals surface area contributed by atoms with E-state index >= 15 is 0 Å². The highest BCUT2D eigenvalue weighted by Crippen LogP contribution is 2.31. The number of rotatable bonds is 3. The predicted molar refractivity (Wildman–Crippen MR) is 84.4 cm³/mol. The van der Waals surface area contributed by atoms with Gasteiger partial charge in [0.25, 0.3) is 5.91 Å². The summed E-state index contributed by atoms with van der Waals surface area (Å²) in [5.41, 5.74) is 0.352. The Bertz CT molecular complexity index is 726. The van der Waals surface area contributed by atoms with Crippen LogP contribution >= 0.6 is 0 Å². The lowest BCUT2D eigenvalue weighted by atomic mass is 9.82. The number of carboxylic acids is 1. The number of benzene rings is 1. The molecule has 3 rings (SSSR count). The molecule has 0 spiro atoms. The number of carboxylic acid groups (broad SMARTS) is 1. The van der Waals surface area contributed by atoms with Crippen molar-refractivity contribution in [3.63, 3.8) is 0 Å². The van der Waals surface area contributed by atoms with Crippen LogP contribution in [0.5, 0.6) is 0 Å². The van der Waals surface area contributed by atoms with Gasteiger partial charge in [0.05, 0.1) is 16.7 Å². The van der Waals surface area contributed by atoms with Crippen molar-refractivity contribution in [2.75, 3.05) is 13.1 Å². The molecule has 23 heavy (non-hydrogen) atoms. The molecule has 1 fully saturated rings. The Morgan fingerprint density at radius 1 is 1.26 bits per heavy atom. The highest BCUT2D eigenvalue weighted by Gasteiger charge is 2.39. The molecule has 6 nitrogen and oxygen atoms in total. The summed E-state index contributed by atoms with van der Waals surface area (Å²) in [6, 6.07) is 9.04. The molecule has 1 amide bonds. The topological polar surface area (TPSA) is 75.4 Å². The summed E-state index contributed by atoms with van der Waals surface area (Å²) in [6.07, 6.45) is 4.72. The number of carbonyl (C=O) groups is 2. The number of hydrogen-bond acceptors (Lipinski definition) is 3. The first-order chi connectivity index (χ1) is 11.0. The van der Waals surface area contributed by atoms with Crippen LogP contribution in [-0.2, 0) is 4.79 Å². The van der Waals surface area contributed by atoms with E-state index in [1.165, 1.54) is 0 Å². The first kappa shape index (κ1) is 15.3. The van der Waals surface area contributed by atoms with E-state index in [2.05, 4.69) is 5.10 Å². The fourth-order valence-electron chi connectivity index (χ4n) is 3.02. The molecule has 0 aliphatic carbocycles. The molecule has 1 N–H and O–H groups in total. The molecule has 0 saturated carbocycles. The van der Waals surface area contributed by atoms with E-state index in [1.807, 2.05) is 12.1 Å². The Morgan fingerprint density at radius 2 is 2.04 bits per heavy atom. The molecule has 1 aromatic heterocycles. The van der Waals surface area contributed by atoms with E-state index < -0.39 is 11.4 Å². The molecule has 1 atom stereocenters. The monoisotopic (exact) mass is 313 g/mol. The summed E-state index contributed by atoms with van der Waals surface area (Å²) in [4.78, 5) is 26.0. The van der Waals surface area contributed by atoms with Gasteiger partial charge < -0.3 is 10.0 Å². The van der Waals surface area contributed by atoms with Crippen LogP contribution in [0.15, 0.2) is 42.7 Å². The highest BCUT2D eigenvalue weighted by molar-refractivity contribution is 5.98. The van der Waals surface area contributed by atoms with Crippen molar-refractivity contribution in [2.24, 2.45) is 5.41 Å². The van der Waals surface area contributed by atoms with Crippen molar-refractivity contribution in [1.29, 1.82) is 0 Å². The molecule has 1 aliphatic rings. The average molecular weight is 313 g/mol. The van der Waals surface area contributed by atoms with Crippen LogP contribution in [0.2, 0.25) is 0 Å². The zero-order chi connectivity index (χ0) is 16.4. The minimum atomic E-state index is -0.880. The fraction of sp³-hybridized carbons (Fsp3) is 0.353. The van der Waals surface area contributed by atoms with Crippen LogP contribution in [0.3, 0.4) is 0 Å². The van der Waals surface area contributed by atoms with E-state index in [-0.39, 0.29) is 12.5 Å². The van der Waals surface area contributed by atoms with E-state index in [0.29, 0.717) is 30.6 Å². The van der Waals surface area contributed by atoms with Crippen molar-refractivity contribution >= 4 is 11.9 Å². The number of amides is 1. The van der Waals surface area contributed by atoms with Gasteiger partial charge in [-0.15, -0.1) is 0 Å². The number of hydrogen-bond donors (Lipinski definition) is 1. The summed E-state index contributed by atoms with van der Waals surface area (Å²) >= 11 is 0. The van der Waals surface area contributed by atoms with Crippen LogP contribution in [0, 0.1) is 5.41 Å². The second kappa shape index (κ2) is 5.87. The normalized spacial score (nSPS) is 21.2. The summed E-state index contributed by atoms with van der Waals surface area (Å²) in [5.74, 6) is -1.00. The number of piperidine rings is 1. The Balaban J connectivity index is 1.91. The molecule has 2 heterocycles. The van der Waals surface area contributed by atoms with Gasteiger partial charge in [0.15, 0.2) is 0 Å². The van der Waals surface area contributed by atoms with Gasteiger partial charge in [-0.1, -0.05) is 12.1 Å². The molecule has 1 saturated heterocycles. The second-order valence-electron chi connectivity index (χ2n) is 6.16. The number of likely N-dealkylation sites (tertiary alicyclic amines) is 1. The van der Waals surface area contributed by atoms with Crippen LogP contribution in [0.4, 0.5) is 0 Å². The first-order valence-corrected chi connectivity index (χ1v) is 7.63. The standard InChI is InChI=1S/C17H19N3O3/c1-17(16(22)23)8-4-10-19(12-17)15(21)13-6-2-3-7-14(13)20-11-5-9-18-20/h2-3,5-7,9,11H,4,8,10,12H2,1H3,(H,22,23). The first-order valence-electron chi connectivity index (χ1n) is 7.63. The number of carbonyl (C=O) groups excluding carboxylic acids is 1. The molecule has 6 heteroatoms. The lowest BCUT2D eigenvalue weighted by Gasteiger charge is -2.37. The molecule has 1 aliphatic heterocycles. The number of nitrogens with zero attached hydrogens (tertiary/aromatic N) is 3. The van der Waals surface area contributed by atoms with Crippen molar-refractivity contribution < 1.29 is 14.7 Å². The molecular formula is C17H19N3O3. The van der Waals surface area contributed by atoms with Gasteiger partial charge in [0.2, 0.25) is 0 Å².